The van der Waals surface area contributed by atoms with Crippen molar-refractivity contribution in [2.24, 2.45) is 0 Å². The van der Waals surface area contributed by atoms with Crippen molar-refractivity contribution in [3.05, 3.63) is 95.2 Å². The van der Waals surface area contributed by atoms with Gasteiger partial charge in [0.2, 0.25) is 5.91 Å². The van der Waals surface area contributed by atoms with Gasteiger partial charge in [0.25, 0.3) is 5.56 Å². The van der Waals surface area contributed by atoms with Crippen LogP contribution >= 0.6 is 0 Å². The molecular weight excluding hydrogens is 302 g/mol. The van der Waals surface area contributed by atoms with Gasteiger partial charge in [-0.2, -0.15) is 0 Å². The molecule has 3 rings (SSSR count). The van der Waals surface area contributed by atoms with Gasteiger partial charge in [-0.15, -0.1) is 0 Å². The molecule has 0 fully saturated rings. The Balaban J connectivity index is 1.88. The number of hydrogen-bond acceptors (Lipinski definition) is 3. The van der Waals surface area contributed by atoms with Crippen molar-refractivity contribution in [1.29, 1.82) is 0 Å². The second-order valence-corrected chi connectivity index (χ2v) is 5.35. The van der Waals surface area contributed by atoms with Crippen LogP contribution in [0.5, 0.6) is 0 Å². The monoisotopic (exact) mass is 319 g/mol. The molecule has 0 radical (unpaired) electrons. The molecule has 0 aliphatic heterocycles. The molecule has 24 heavy (non-hydrogen) atoms. The van der Waals surface area contributed by atoms with Crippen LogP contribution in [0.3, 0.4) is 0 Å². The predicted molar refractivity (Wildman–Crippen MR) is 92.6 cm³/mol. The van der Waals surface area contributed by atoms with E-state index < -0.39 is 0 Å². The number of hydrogen-bond donors (Lipinski definition) is 0. The highest BCUT2D eigenvalue weighted by atomic mass is 16.2. The minimum absolute atomic E-state index is 0.0472. The number of para-hydroxylation sites is 1. The standard InChI is InChI=1S/C19H17N3O2/c23-18-11-12-20-15-21(18)14-19(24)22(17-9-5-2-6-10-17)13-16-7-3-1-4-8-16/h1-12,15H,13-14H2. The Morgan fingerprint density at radius 3 is 2.29 bits per heavy atom. The van der Waals surface area contributed by atoms with Gasteiger partial charge in [0.15, 0.2) is 0 Å². The number of amides is 1. The fourth-order valence-corrected chi connectivity index (χ4v) is 2.43. The Kier molecular flexibility index (Phi) is 4.81. The van der Waals surface area contributed by atoms with Crippen molar-refractivity contribution in [3.63, 3.8) is 0 Å². The van der Waals surface area contributed by atoms with Crippen molar-refractivity contribution in [3.8, 4) is 0 Å². The normalized spacial score (nSPS) is 10.3. The van der Waals surface area contributed by atoms with E-state index in [0.717, 1.165) is 11.3 Å². The summed E-state index contributed by atoms with van der Waals surface area (Å²) in [5.74, 6) is -0.167. The highest BCUT2D eigenvalue weighted by molar-refractivity contribution is 5.93. The topological polar surface area (TPSA) is 55.2 Å². The molecule has 0 unspecified atom stereocenters. The van der Waals surface area contributed by atoms with E-state index in [1.54, 1.807) is 4.90 Å². The summed E-state index contributed by atoms with van der Waals surface area (Å²) < 4.78 is 1.31. The summed E-state index contributed by atoms with van der Waals surface area (Å²) in [6.45, 7) is 0.396. The molecule has 1 aromatic heterocycles. The average molecular weight is 319 g/mol. The zero-order valence-electron chi connectivity index (χ0n) is 13.1. The summed E-state index contributed by atoms with van der Waals surface area (Å²) >= 11 is 0. The van der Waals surface area contributed by atoms with Gasteiger partial charge in [0, 0.05) is 18.0 Å². The van der Waals surface area contributed by atoms with Crippen LogP contribution in [0, 0.1) is 0 Å². The van der Waals surface area contributed by atoms with Crippen LogP contribution in [-0.2, 0) is 17.9 Å². The van der Waals surface area contributed by atoms with E-state index in [2.05, 4.69) is 4.98 Å². The van der Waals surface area contributed by atoms with Crippen LogP contribution in [0.2, 0.25) is 0 Å². The molecule has 0 saturated heterocycles. The summed E-state index contributed by atoms with van der Waals surface area (Å²) in [6, 6.07) is 20.5. The first-order chi connectivity index (χ1) is 11.7. The largest absolute Gasteiger partial charge is 0.306 e. The summed E-state index contributed by atoms with van der Waals surface area (Å²) in [5, 5.41) is 0. The van der Waals surface area contributed by atoms with Crippen LogP contribution in [0.25, 0.3) is 0 Å². The molecule has 0 N–H and O–H groups in total. The molecule has 0 saturated carbocycles. The Hall–Kier alpha value is -3.21. The maximum Gasteiger partial charge on any atom is 0.253 e. The van der Waals surface area contributed by atoms with Crippen LogP contribution < -0.4 is 10.5 Å². The molecule has 1 amide bonds. The van der Waals surface area contributed by atoms with E-state index in [1.165, 1.54) is 23.2 Å². The first-order valence-electron chi connectivity index (χ1n) is 7.64. The average Bonchev–Trinajstić information content (AvgIpc) is 2.63. The van der Waals surface area contributed by atoms with Crippen LogP contribution in [0.4, 0.5) is 5.69 Å². The molecule has 3 aromatic rings. The van der Waals surface area contributed by atoms with Gasteiger partial charge in [0.1, 0.15) is 6.54 Å². The van der Waals surface area contributed by atoms with Gasteiger partial charge in [-0.3, -0.25) is 14.2 Å². The number of carbonyl (C=O) groups is 1. The zero-order valence-corrected chi connectivity index (χ0v) is 13.1. The lowest BCUT2D eigenvalue weighted by molar-refractivity contribution is -0.119. The summed E-state index contributed by atoms with van der Waals surface area (Å²) in [5.41, 5.74) is 1.57. The van der Waals surface area contributed by atoms with E-state index in [1.807, 2.05) is 60.7 Å². The maximum atomic E-state index is 12.8. The van der Waals surface area contributed by atoms with E-state index >= 15 is 0 Å². The van der Waals surface area contributed by atoms with Crippen molar-refractivity contribution < 1.29 is 4.79 Å². The van der Waals surface area contributed by atoms with E-state index in [-0.39, 0.29) is 18.0 Å². The quantitative estimate of drug-likeness (QED) is 0.726. The molecule has 0 spiro atoms. The van der Waals surface area contributed by atoms with Crippen molar-refractivity contribution >= 4 is 11.6 Å². The highest BCUT2D eigenvalue weighted by Gasteiger charge is 2.17. The SMILES string of the molecule is O=C(Cn1cnccc1=O)N(Cc1ccccc1)c1ccccc1. The van der Waals surface area contributed by atoms with Gasteiger partial charge in [0.05, 0.1) is 12.9 Å². The molecule has 5 heteroatoms. The fourth-order valence-electron chi connectivity index (χ4n) is 2.43. The molecule has 0 bridgehead atoms. The van der Waals surface area contributed by atoms with Crippen LogP contribution in [-0.4, -0.2) is 15.5 Å². The Bertz CT molecular complexity index is 860. The third-order valence-electron chi connectivity index (χ3n) is 3.65. The molecule has 2 aromatic carbocycles. The number of aromatic nitrogens is 2. The molecule has 0 aliphatic rings. The van der Waals surface area contributed by atoms with E-state index in [9.17, 15) is 9.59 Å². The first-order valence-corrected chi connectivity index (χ1v) is 7.64. The number of carbonyl (C=O) groups excluding carboxylic acids is 1. The second kappa shape index (κ2) is 7.37. The third-order valence-corrected chi connectivity index (χ3v) is 3.65. The maximum absolute atomic E-state index is 12.8. The summed E-state index contributed by atoms with van der Waals surface area (Å²) in [6.07, 6.45) is 2.80. The summed E-state index contributed by atoms with van der Waals surface area (Å²) in [4.78, 5) is 30.2. The van der Waals surface area contributed by atoms with Gasteiger partial charge in [-0.25, -0.2) is 4.98 Å². The number of rotatable bonds is 5. The van der Waals surface area contributed by atoms with Gasteiger partial charge < -0.3 is 4.90 Å². The second-order valence-electron chi connectivity index (χ2n) is 5.35. The molecule has 0 aliphatic carbocycles. The summed E-state index contributed by atoms with van der Waals surface area (Å²) in [7, 11) is 0. The van der Waals surface area contributed by atoms with Crippen LogP contribution in [0.15, 0.2) is 84.0 Å². The number of nitrogens with zero attached hydrogens (tertiary/aromatic N) is 3. The van der Waals surface area contributed by atoms with E-state index in [4.69, 9.17) is 0 Å². The smallest absolute Gasteiger partial charge is 0.253 e. The zero-order chi connectivity index (χ0) is 16.8. The Morgan fingerprint density at radius 2 is 1.62 bits per heavy atom. The molecule has 120 valence electrons. The molecular formula is C19H17N3O2. The van der Waals surface area contributed by atoms with Gasteiger partial charge in [-0.1, -0.05) is 48.5 Å². The molecule has 0 atom stereocenters. The number of anilines is 1. The van der Waals surface area contributed by atoms with Gasteiger partial charge in [-0.05, 0) is 17.7 Å². The van der Waals surface area contributed by atoms with Crippen molar-refractivity contribution in [1.82, 2.24) is 9.55 Å². The van der Waals surface area contributed by atoms with Gasteiger partial charge >= 0.3 is 0 Å². The third kappa shape index (κ3) is 3.76. The fraction of sp³-hybridized carbons (Fsp3) is 0.105. The van der Waals surface area contributed by atoms with E-state index in [0.29, 0.717) is 6.54 Å². The lowest BCUT2D eigenvalue weighted by Crippen LogP contribution is -2.36. The highest BCUT2D eigenvalue weighted by Crippen LogP contribution is 2.17. The van der Waals surface area contributed by atoms with Crippen molar-refractivity contribution in [2.45, 2.75) is 13.1 Å². The minimum atomic E-state index is -0.244. The lowest BCUT2D eigenvalue weighted by Gasteiger charge is -2.23. The molecule has 5 nitrogen and oxygen atoms in total. The molecule has 1 heterocycles. The first kappa shape index (κ1) is 15.7. The van der Waals surface area contributed by atoms with Crippen LogP contribution in [0.1, 0.15) is 5.56 Å². The minimum Gasteiger partial charge on any atom is -0.306 e. The predicted octanol–water partition coefficient (Wildman–Crippen LogP) is 2.48. The Morgan fingerprint density at radius 1 is 0.958 bits per heavy atom. The van der Waals surface area contributed by atoms with Crippen molar-refractivity contribution in [2.75, 3.05) is 4.90 Å². The Labute approximate surface area is 139 Å². The number of benzene rings is 2. The lowest BCUT2D eigenvalue weighted by atomic mass is 10.2.